The Kier molecular flexibility index (Phi) is 3.39. The summed E-state index contributed by atoms with van der Waals surface area (Å²) in [5.74, 6) is 0.261. The molecule has 0 amide bonds. The van der Waals surface area contributed by atoms with Crippen LogP contribution in [-0.2, 0) is 0 Å². The summed E-state index contributed by atoms with van der Waals surface area (Å²) in [5.41, 5.74) is 3.19. The fraction of sp³-hybridized carbons (Fsp3) is 0.500. The first-order valence-electron chi connectivity index (χ1n) is 6.03. The van der Waals surface area contributed by atoms with Crippen LogP contribution in [0.2, 0.25) is 0 Å². The third kappa shape index (κ3) is 2.33. The molecular formula is C14H19NO. The summed E-state index contributed by atoms with van der Waals surface area (Å²) in [5, 5.41) is 3.31. The first-order valence-corrected chi connectivity index (χ1v) is 6.03. The van der Waals surface area contributed by atoms with Crippen molar-refractivity contribution >= 4 is 5.78 Å². The lowest BCUT2D eigenvalue weighted by atomic mass is 9.93. The highest BCUT2D eigenvalue weighted by atomic mass is 16.1. The monoisotopic (exact) mass is 217 g/mol. The van der Waals surface area contributed by atoms with Crippen LogP contribution in [0.1, 0.15) is 40.7 Å². The van der Waals surface area contributed by atoms with Gasteiger partial charge in [-0.15, -0.1) is 0 Å². The van der Waals surface area contributed by atoms with Gasteiger partial charge in [-0.05, 0) is 38.8 Å². The number of rotatable bonds is 2. The fourth-order valence-electron chi connectivity index (χ4n) is 2.35. The number of aryl methyl sites for hydroxylation is 2. The summed E-state index contributed by atoms with van der Waals surface area (Å²) < 4.78 is 0. The number of carbonyl (C=O) groups excluding carboxylic acids is 1. The van der Waals surface area contributed by atoms with Gasteiger partial charge in [0.05, 0.1) is 6.04 Å². The summed E-state index contributed by atoms with van der Waals surface area (Å²) in [7, 11) is 0. The van der Waals surface area contributed by atoms with E-state index in [-0.39, 0.29) is 11.8 Å². The predicted molar refractivity (Wildman–Crippen MR) is 65.9 cm³/mol. The zero-order valence-electron chi connectivity index (χ0n) is 10.0. The minimum atomic E-state index is 0.0372. The van der Waals surface area contributed by atoms with Crippen molar-refractivity contribution in [1.29, 1.82) is 0 Å². The van der Waals surface area contributed by atoms with Crippen molar-refractivity contribution in [2.75, 3.05) is 6.54 Å². The average Bonchev–Trinajstić information content (AvgIpc) is 2.29. The minimum absolute atomic E-state index is 0.0372. The van der Waals surface area contributed by atoms with E-state index in [2.05, 4.69) is 18.3 Å². The van der Waals surface area contributed by atoms with Crippen molar-refractivity contribution in [1.82, 2.24) is 5.32 Å². The van der Waals surface area contributed by atoms with Crippen LogP contribution in [0, 0.1) is 13.8 Å². The molecule has 1 atom stereocenters. The van der Waals surface area contributed by atoms with E-state index >= 15 is 0 Å². The molecule has 0 bridgehead atoms. The van der Waals surface area contributed by atoms with E-state index in [4.69, 9.17) is 0 Å². The molecule has 0 radical (unpaired) electrons. The van der Waals surface area contributed by atoms with Crippen LogP contribution in [0.5, 0.6) is 0 Å². The molecule has 1 heterocycles. The Morgan fingerprint density at radius 1 is 1.31 bits per heavy atom. The largest absolute Gasteiger partial charge is 0.307 e. The van der Waals surface area contributed by atoms with E-state index in [0.29, 0.717) is 0 Å². The molecule has 1 N–H and O–H groups in total. The third-order valence-corrected chi connectivity index (χ3v) is 3.27. The van der Waals surface area contributed by atoms with Crippen LogP contribution in [0.3, 0.4) is 0 Å². The van der Waals surface area contributed by atoms with Gasteiger partial charge in [0.1, 0.15) is 0 Å². The first kappa shape index (κ1) is 11.3. The van der Waals surface area contributed by atoms with E-state index in [9.17, 15) is 4.79 Å². The van der Waals surface area contributed by atoms with Crippen molar-refractivity contribution in [3.63, 3.8) is 0 Å². The molecule has 1 unspecified atom stereocenters. The zero-order chi connectivity index (χ0) is 11.5. The first-order chi connectivity index (χ1) is 7.68. The van der Waals surface area contributed by atoms with Gasteiger partial charge in [-0.3, -0.25) is 4.79 Å². The van der Waals surface area contributed by atoms with Crippen LogP contribution < -0.4 is 5.32 Å². The molecule has 1 aromatic rings. The maximum Gasteiger partial charge on any atom is 0.179 e. The summed E-state index contributed by atoms with van der Waals surface area (Å²) in [6, 6.07) is 6.10. The Morgan fingerprint density at radius 3 is 2.75 bits per heavy atom. The molecule has 0 aromatic heterocycles. The highest BCUT2D eigenvalue weighted by molar-refractivity contribution is 6.01. The SMILES string of the molecule is Cc1ccc(C(=O)C2CCCCN2)c(C)c1. The standard InChI is InChI=1S/C14H19NO/c1-10-6-7-12(11(2)9-10)14(16)13-5-3-4-8-15-13/h6-7,9,13,15H,3-5,8H2,1-2H3. The maximum atomic E-state index is 12.3. The number of nitrogens with one attached hydrogen (secondary N) is 1. The molecule has 2 rings (SSSR count). The van der Waals surface area contributed by atoms with Crippen molar-refractivity contribution in [3.05, 3.63) is 34.9 Å². The van der Waals surface area contributed by atoms with Crippen LogP contribution in [0.25, 0.3) is 0 Å². The molecule has 86 valence electrons. The number of piperidine rings is 1. The van der Waals surface area contributed by atoms with Gasteiger partial charge >= 0.3 is 0 Å². The smallest absolute Gasteiger partial charge is 0.179 e. The maximum absolute atomic E-state index is 12.3. The lowest BCUT2D eigenvalue weighted by Gasteiger charge is -2.22. The lowest BCUT2D eigenvalue weighted by Crippen LogP contribution is -2.40. The Bertz CT molecular complexity index is 392. The van der Waals surface area contributed by atoms with Crippen molar-refractivity contribution < 1.29 is 4.79 Å². The number of benzene rings is 1. The van der Waals surface area contributed by atoms with Crippen LogP contribution in [-0.4, -0.2) is 18.4 Å². The molecule has 1 aromatic carbocycles. The van der Waals surface area contributed by atoms with Gasteiger partial charge in [0, 0.05) is 5.56 Å². The van der Waals surface area contributed by atoms with E-state index in [1.807, 2.05) is 19.1 Å². The van der Waals surface area contributed by atoms with Gasteiger partial charge in [0.2, 0.25) is 0 Å². The molecule has 2 nitrogen and oxygen atoms in total. The molecule has 1 aliphatic rings. The topological polar surface area (TPSA) is 29.1 Å². The van der Waals surface area contributed by atoms with E-state index in [1.165, 1.54) is 12.0 Å². The van der Waals surface area contributed by atoms with Gasteiger partial charge in [-0.25, -0.2) is 0 Å². The molecule has 0 spiro atoms. The van der Waals surface area contributed by atoms with Gasteiger partial charge in [0.15, 0.2) is 5.78 Å². The summed E-state index contributed by atoms with van der Waals surface area (Å²) in [6.07, 6.45) is 3.33. The second-order valence-electron chi connectivity index (χ2n) is 4.69. The predicted octanol–water partition coefficient (Wildman–Crippen LogP) is 2.63. The Hall–Kier alpha value is -1.15. The normalized spacial score (nSPS) is 20.8. The molecular weight excluding hydrogens is 198 g/mol. The average molecular weight is 217 g/mol. The number of carbonyl (C=O) groups is 1. The van der Waals surface area contributed by atoms with Crippen molar-refractivity contribution in [2.24, 2.45) is 0 Å². The van der Waals surface area contributed by atoms with Crippen LogP contribution in [0.15, 0.2) is 18.2 Å². The van der Waals surface area contributed by atoms with E-state index in [0.717, 1.165) is 30.5 Å². The van der Waals surface area contributed by atoms with Gasteiger partial charge in [-0.2, -0.15) is 0 Å². The number of Topliss-reactive ketones (excluding diaryl/α,β-unsaturated/α-hetero) is 1. The Labute approximate surface area is 97.1 Å². The van der Waals surface area contributed by atoms with Gasteiger partial charge < -0.3 is 5.32 Å². The summed E-state index contributed by atoms with van der Waals surface area (Å²) in [6.45, 7) is 5.05. The molecule has 1 fully saturated rings. The molecule has 1 aliphatic heterocycles. The van der Waals surface area contributed by atoms with Gasteiger partial charge in [0.25, 0.3) is 0 Å². The third-order valence-electron chi connectivity index (χ3n) is 3.27. The van der Waals surface area contributed by atoms with E-state index < -0.39 is 0 Å². The Balaban J connectivity index is 2.19. The highest BCUT2D eigenvalue weighted by Gasteiger charge is 2.22. The van der Waals surface area contributed by atoms with Crippen LogP contribution >= 0.6 is 0 Å². The van der Waals surface area contributed by atoms with Crippen LogP contribution in [0.4, 0.5) is 0 Å². The second kappa shape index (κ2) is 4.79. The summed E-state index contributed by atoms with van der Waals surface area (Å²) in [4.78, 5) is 12.3. The molecule has 2 heteroatoms. The van der Waals surface area contributed by atoms with E-state index in [1.54, 1.807) is 0 Å². The second-order valence-corrected chi connectivity index (χ2v) is 4.69. The number of hydrogen-bond donors (Lipinski definition) is 1. The van der Waals surface area contributed by atoms with Gasteiger partial charge in [-0.1, -0.05) is 30.2 Å². The lowest BCUT2D eigenvalue weighted by molar-refractivity contribution is 0.0926. The Morgan fingerprint density at radius 2 is 2.12 bits per heavy atom. The molecule has 0 aliphatic carbocycles. The molecule has 1 saturated heterocycles. The van der Waals surface area contributed by atoms with Crippen molar-refractivity contribution in [3.8, 4) is 0 Å². The number of hydrogen-bond acceptors (Lipinski definition) is 2. The highest BCUT2D eigenvalue weighted by Crippen LogP contribution is 2.17. The number of ketones is 1. The quantitative estimate of drug-likeness (QED) is 0.772. The fourth-order valence-corrected chi connectivity index (χ4v) is 2.35. The zero-order valence-corrected chi connectivity index (χ0v) is 10.0. The molecule has 0 saturated carbocycles. The summed E-state index contributed by atoms with van der Waals surface area (Å²) >= 11 is 0. The molecule has 16 heavy (non-hydrogen) atoms. The van der Waals surface area contributed by atoms with Crippen molar-refractivity contribution in [2.45, 2.75) is 39.2 Å². The minimum Gasteiger partial charge on any atom is -0.307 e.